The highest BCUT2D eigenvalue weighted by atomic mass is 16.5. The summed E-state index contributed by atoms with van der Waals surface area (Å²) in [6, 6.07) is 9.16. The summed E-state index contributed by atoms with van der Waals surface area (Å²) in [7, 11) is 1.51. The fourth-order valence-electron chi connectivity index (χ4n) is 2.64. The van der Waals surface area contributed by atoms with Crippen LogP contribution < -0.4 is 15.8 Å². The molecule has 0 aromatic heterocycles. The van der Waals surface area contributed by atoms with Gasteiger partial charge < -0.3 is 15.8 Å². The number of rotatable bonds is 5. The Morgan fingerprint density at radius 2 is 1.71 bits per heavy atom. The molecule has 0 bridgehead atoms. The largest absolute Gasteiger partial charge is 0.456 e. The lowest BCUT2D eigenvalue weighted by Crippen LogP contribution is -2.25. The number of para-hydroxylation sites is 1. The maximum absolute atomic E-state index is 12.4. The van der Waals surface area contributed by atoms with Crippen LogP contribution >= 0.6 is 0 Å². The van der Waals surface area contributed by atoms with E-state index in [1.165, 1.54) is 7.05 Å². The molecule has 2 amide bonds. The fraction of sp³-hybridized carbons (Fsp3) is 0.263. The predicted octanol–water partition coefficient (Wildman–Crippen LogP) is 3.12. The number of carbonyl (C=O) groups is 2. The number of carbonyl (C=O) groups excluding carboxylic acids is 2. The lowest BCUT2D eigenvalue weighted by Gasteiger charge is -2.19. The highest BCUT2D eigenvalue weighted by Gasteiger charge is 2.23. The molecule has 24 heavy (non-hydrogen) atoms. The summed E-state index contributed by atoms with van der Waals surface area (Å²) >= 11 is 0. The van der Waals surface area contributed by atoms with E-state index in [4.69, 9.17) is 10.5 Å². The molecule has 0 aliphatic rings. The first-order valence-electron chi connectivity index (χ1n) is 7.82. The molecule has 2 aromatic rings. The molecule has 126 valence electrons. The van der Waals surface area contributed by atoms with Crippen LogP contribution in [0.5, 0.6) is 11.5 Å². The van der Waals surface area contributed by atoms with E-state index in [9.17, 15) is 9.59 Å². The Labute approximate surface area is 141 Å². The van der Waals surface area contributed by atoms with Gasteiger partial charge in [0.25, 0.3) is 5.91 Å². The number of ether oxygens (including phenoxy) is 1. The second-order valence-electron chi connectivity index (χ2n) is 5.60. The van der Waals surface area contributed by atoms with E-state index in [1.54, 1.807) is 12.1 Å². The van der Waals surface area contributed by atoms with Crippen molar-refractivity contribution >= 4 is 11.8 Å². The standard InChI is InChI=1S/C19H22N2O3/c1-5-13-9-10-14(18(20)22)15(19(23)21-4)17(13)24-16-11(2)7-6-8-12(16)3/h6-10H,5H2,1-4H3,(H2,20,22)(H,21,23). The molecular formula is C19H22N2O3. The van der Waals surface area contributed by atoms with E-state index in [2.05, 4.69) is 5.32 Å². The van der Waals surface area contributed by atoms with Gasteiger partial charge in [-0.2, -0.15) is 0 Å². The number of benzene rings is 2. The summed E-state index contributed by atoms with van der Waals surface area (Å²) in [6.45, 7) is 5.83. The molecule has 3 N–H and O–H groups in total. The van der Waals surface area contributed by atoms with Crippen LogP contribution in [0.2, 0.25) is 0 Å². The number of aryl methyl sites for hydroxylation is 3. The van der Waals surface area contributed by atoms with Crippen molar-refractivity contribution in [2.24, 2.45) is 5.73 Å². The summed E-state index contributed by atoms with van der Waals surface area (Å²) < 4.78 is 6.14. The van der Waals surface area contributed by atoms with Gasteiger partial charge in [0.05, 0.1) is 11.1 Å². The molecule has 0 heterocycles. The average Bonchev–Trinajstić information content (AvgIpc) is 2.56. The highest BCUT2D eigenvalue weighted by Crippen LogP contribution is 2.35. The van der Waals surface area contributed by atoms with Gasteiger partial charge in [-0.05, 0) is 43.0 Å². The van der Waals surface area contributed by atoms with Crippen LogP contribution in [0, 0.1) is 13.8 Å². The summed E-state index contributed by atoms with van der Waals surface area (Å²) in [5.74, 6) is -0.00697. The zero-order valence-electron chi connectivity index (χ0n) is 14.4. The summed E-state index contributed by atoms with van der Waals surface area (Å²) in [4.78, 5) is 24.2. The molecule has 0 aliphatic heterocycles. The molecular weight excluding hydrogens is 304 g/mol. The third-order valence-electron chi connectivity index (χ3n) is 3.95. The first-order chi connectivity index (χ1) is 11.4. The van der Waals surface area contributed by atoms with Gasteiger partial charge in [-0.3, -0.25) is 9.59 Å². The summed E-state index contributed by atoms with van der Waals surface area (Å²) in [5, 5.41) is 2.56. The Bertz CT molecular complexity index is 777. The van der Waals surface area contributed by atoms with Gasteiger partial charge in [0.15, 0.2) is 0 Å². The van der Waals surface area contributed by atoms with Gasteiger partial charge >= 0.3 is 0 Å². The van der Waals surface area contributed by atoms with E-state index in [1.807, 2.05) is 39.0 Å². The van der Waals surface area contributed by atoms with Crippen molar-refractivity contribution in [1.82, 2.24) is 5.32 Å². The lowest BCUT2D eigenvalue weighted by atomic mass is 9.99. The minimum absolute atomic E-state index is 0.146. The van der Waals surface area contributed by atoms with Gasteiger partial charge in [-0.25, -0.2) is 0 Å². The molecule has 0 atom stereocenters. The van der Waals surface area contributed by atoms with Crippen LogP contribution in [0.15, 0.2) is 30.3 Å². The summed E-state index contributed by atoms with van der Waals surface area (Å²) in [5.41, 5.74) is 8.50. The van der Waals surface area contributed by atoms with Crippen molar-refractivity contribution in [3.63, 3.8) is 0 Å². The number of nitrogens with one attached hydrogen (secondary N) is 1. The average molecular weight is 326 g/mol. The van der Waals surface area contributed by atoms with Crippen molar-refractivity contribution in [1.29, 1.82) is 0 Å². The van der Waals surface area contributed by atoms with Crippen molar-refractivity contribution in [3.8, 4) is 11.5 Å². The van der Waals surface area contributed by atoms with E-state index in [-0.39, 0.29) is 11.1 Å². The van der Waals surface area contributed by atoms with Gasteiger partial charge in [0, 0.05) is 7.05 Å². The third-order valence-corrected chi connectivity index (χ3v) is 3.95. The van der Waals surface area contributed by atoms with Crippen molar-refractivity contribution < 1.29 is 14.3 Å². The van der Waals surface area contributed by atoms with E-state index in [0.29, 0.717) is 17.9 Å². The van der Waals surface area contributed by atoms with Crippen LogP contribution in [-0.2, 0) is 6.42 Å². The first kappa shape index (κ1) is 17.5. The Kier molecular flexibility index (Phi) is 5.24. The molecule has 0 fully saturated rings. The van der Waals surface area contributed by atoms with Gasteiger partial charge in [-0.1, -0.05) is 31.2 Å². The second kappa shape index (κ2) is 7.17. The number of nitrogens with two attached hydrogens (primary N) is 1. The maximum atomic E-state index is 12.4. The maximum Gasteiger partial charge on any atom is 0.255 e. The van der Waals surface area contributed by atoms with Crippen LogP contribution in [-0.4, -0.2) is 18.9 Å². The number of hydrogen-bond acceptors (Lipinski definition) is 3. The SMILES string of the molecule is CCc1ccc(C(N)=O)c(C(=O)NC)c1Oc1c(C)cccc1C. The minimum Gasteiger partial charge on any atom is -0.456 e. The molecule has 5 heteroatoms. The van der Waals surface area contributed by atoms with E-state index < -0.39 is 11.8 Å². The zero-order valence-corrected chi connectivity index (χ0v) is 14.4. The number of primary amides is 1. The molecule has 2 rings (SSSR count). The summed E-state index contributed by atoms with van der Waals surface area (Å²) in [6.07, 6.45) is 0.656. The fourth-order valence-corrected chi connectivity index (χ4v) is 2.64. The van der Waals surface area contributed by atoms with Crippen molar-refractivity contribution in [2.75, 3.05) is 7.05 Å². The Balaban J connectivity index is 2.72. The third kappa shape index (κ3) is 3.25. The van der Waals surface area contributed by atoms with Crippen molar-refractivity contribution in [2.45, 2.75) is 27.2 Å². The lowest BCUT2D eigenvalue weighted by molar-refractivity contribution is 0.0940. The Morgan fingerprint density at radius 3 is 2.21 bits per heavy atom. The van der Waals surface area contributed by atoms with Crippen LogP contribution in [0.4, 0.5) is 0 Å². The van der Waals surface area contributed by atoms with E-state index in [0.717, 1.165) is 16.7 Å². The van der Waals surface area contributed by atoms with E-state index >= 15 is 0 Å². The van der Waals surface area contributed by atoms with Crippen LogP contribution in [0.25, 0.3) is 0 Å². The molecule has 0 spiro atoms. The first-order valence-corrected chi connectivity index (χ1v) is 7.82. The van der Waals surface area contributed by atoms with Gasteiger partial charge in [-0.15, -0.1) is 0 Å². The zero-order chi connectivity index (χ0) is 17.9. The molecule has 0 radical (unpaired) electrons. The second-order valence-corrected chi connectivity index (χ2v) is 5.60. The number of hydrogen-bond donors (Lipinski definition) is 2. The number of amides is 2. The highest BCUT2D eigenvalue weighted by molar-refractivity contribution is 6.08. The normalized spacial score (nSPS) is 10.3. The molecule has 0 saturated carbocycles. The molecule has 0 unspecified atom stereocenters. The van der Waals surface area contributed by atoms with Gasteiger partial charge in [0.1, 0.15) is 11.5 Å². The Morgan fingerprint density at radius 1 is 1.08 bits per heavy atom. The smallest absolute Gasteiger partial charge is 0.255 e. The molecule has 2 aromatic carbocycles. The minimum atomic E-state index is -0.664. The predicted molar refractivity (Wildman–Crippen MR) is 93.7 cm³/mol. The monoisotopic (exact) mass is 326 g/mol. The van der Waals surface area contributed by atoms with Gasteiger partial charge in [0.2, 0.25) is 5.91 Å². The van der Waals surface area contributed by atoms with Crippen molar-refractivity contribution in [3.05, 3.63) is 58.1 Å². The van der Waals surface area contributed by atoms with Crippen LogP contribution in [0.3, 0.4) is 0 Å². The quantitative estimate of drug-likeness (QED) is 0.886. The Hall–Kier alpha value is -2.82. The molecule has 5 nitrogen and oxygen atoms in total. The van der Waals surface area contributed by atoms with Crippen LogP contribution in [0.1, 0.15) is 44.3 Å². The topological polar surface area (TPSA) is 81.4 Å². The molecule has 0 aliphatic carbocycles. The molecule has 0 saturated heterocycles.